The zero-order valence-electron chi connectivity index (χ0n) is 11.1. The molecule has 98 valence electrons. The highest BCUT2D eigenvalue weighted by atomic mass is 16.5. The van der Waals surface area contributed by atoms with E-state index in [0.717, 1.165) is 19.4 Å². The van der Waals surface area contributed by atoms with Gasteiger partial charge in [0.2, 0.25) is 0 Å². The zero-order valence-corrected chi connectivity index (χ0v) is 11.1. The number of nitrogens with two attached hydrogens (primary N) is 1. The molecule has 2 N–H and O–H groups in total. The van der Waals surface area contributed by atoms with Crippen molar-refractivity contribution in [2.75, 3.05) is 6.54 Å². The van der Waals surface area contributed by atoms with Crippen LogP contribution in [0, 0.1) is 0 Å². The highest BCUT2D eigenvalue weighted by molar-refractivity contribution is 5.35. The summed E-state index contributed by atoms with van der Waals surface area (Å²) in [6.07, 6.45) is 8.60. The Balaban J connectivity index is 1.66. The molecule has 0 atom stereocenters. The Morgan fingerprint density at radius 3 is 2.61 bits per heavy atom. The van der Waals surface area contributed by atoms with E-state index in [1.165, 1.54) is 48.8 Å². The van der Waals surface area contributed by atoms with E-state index in [9.17, 15) is 0 Å². The number of hydrogen-bond acceptors (Lipinski definition) is 2. The lowest BCUT2D eigenvalue weighted by Crippen LogP contribution is -2.37. The van der Waals surface area contributed by atoms with E-state index in [0.29, 0.717) is 6.54 Å². The van der Waals surface area contributed by atoms with E-state index in [4.69, 9.17) is 10.5 Å². The molecular weight excluding hydrogens is 222 g/mol. The van der Waals surface area contributed by atoms with Gasteiger partial charge in [0, 0.05) is 6.54 Å². The van der Waals surface area contributed by atoms with Crippen LogP contribution in [-0.2, 0) is 24.2 Å². The molecule has 2 aliphatic rings. The molecule has 0 bridgehead atoms. The van der Waals surface area contributed by atoms with Gasteiger partial charge in [-0.2, -0.15) is 0 Å². The Labute approximate surface area is 110 Å². The fourth-order valence-corrected chi connectivity index (χ4v) is 3.38. The van der Waals surface area contributed by atoms with Crippen molar-refractivity contribution >= 4 is 0 Å². The van der Waals surface area contributed by atoms with Crippen molar-refractivity contribution in [3.8, 4) is 0 Å². The number of benzene rings is 1. The molecular formula is C16H23NO. The molecule has 1 aromatic carbocycles. The number of rotatable bonds is 4. The second kappa shape index (κ2) is 5.02. The summed E-state index contributed by atoms with van der Waals surface area (Å²) in [4.78, 5) is 0. The minimum Gasteiger partial charge on any atom is -0.369 e. The van der Waals surface area contributed by atoms with Gasteiger partial charge in [-0.3, -0.25) is 0 Å². The van der Waals surface area contributed by atoms with Crippen LogP contribution in [0.3, 0.4) is 0 Å². The highest BCUT2D eigenvalue weighted by Gasteiger charge is 2.33. The second-order valence-electron chi connectivity index (χ2n) is 5.84. The minimum absolute atomic E-state index is 0.0288. The average molecular weight is 245 g/mol. The van der Waals surface area contributed by atoms with Crippen molar-refractivity contribution in [1.82, 2.24) is 0 Å². The van der Waals surface area contributed by atoms with Gasteiger partial charge in [-0.25, -0.2) is 0 Å². The fraction of sp³-hybridized carbons (Fsp3) is 0.625. The van der Waals surface area contributed by atoms with Crippen molar-refractivity contribution in [3.05, 3.63) is 34.9 Å². The lowest BCUT2D eigenvalue weighted by molar-refractivity contribution is -0.0448. The summed E-state index contributed by atoms with van der Waals surface area (Å²) in [5.41, 5.74) is 10.3. The Morgan fingerprint density at radius 2 is 1.83 bits per heavy atom. The van der Waals surface area contributed by atoms with Gasteiger partial charge in [0.1, 0.15) is 0 Å². The van der Waals surface area contributed by atoms with Gasteiger partial charge in [0.25, 0.3) is 0 Å². The predicted molar refractivity (Wildman–Crippen MR) is 73.5 cm³/mol. The van der Waals surface area contributed by atoms with Gasteiger partial charge in [-0.15, -0.1) is 0 Å². The van der Waals surface area contributed by atoms with E-state index < -0.39 is 0 Å². The zero-order chi connectivity index (χ0) is 12.4. The van der Waals surface area contributed by atoms with Crippen molar-refractivity contribution in [2.24, 2.45) is 5.73 Å². The molecule has 0 aliphatic heterocycles. The van der Waals surface area contributed by atoms with E-state index in [1.807, 2.05) is 0 Å². The second-order valence-corrected chi connectivity index (χ2v) is 5.84. The average Bonchev–Trinajstić information content (AvgIpc) is 3.05. The molecule has 0 saturated heterocycles. The maximum absolute atomic E-state index is 6.16. The van der Waals surface area contributed by atoms with Crippen LogP contribution in [0.5, 0.6) is 0 Å². The molecule has 18 heavy (non-hydrogen) atoms. The molecule has 1 fully saturated rings. The summed E-state index contributed by atoms with van der Waals surface area (Å²) >= 11 is 0. The van der Waals surface area contributed by atoms with Gasteiger partial charge in [0.05, 0.1) is 12.2 Å². The third kappa shape index (κ3) is 2.32. The predicted octanol–water partition coefficient (Wildman–Crippen LogP) is 2.96. The van der Waals surface area contributed by atoms with Crippen LogP contribution in [0.1, 0.15) is 48.8 Å². The van der Waals surface area contributed by atoms with E-state index in [2.05, 4.69) is 18.2 Å². The van der Waals surface area contributed by atoms with Gasteiger partial charge in [-0.05, 0) is 48.8 Å². The Hall–Kier alpha value is -0.860. The first-order valence-corrected chi connectivity index (χ1v) is 7.26. The first kappa shape index (κ1) is 12.2. The molecule has 0 amide bonds. The molecule has 2 aliphatic carbocycles. The van der Waals surface area contributed by atoms with Gasteiger partial charge < -0.3 is 10.5 Å². The number of ether oxygens (including phenoxy) is 1. The monoisotopic (exact) mass is 245 g/mol. The lowest BCUT2D eigenvalue weighted by Gasteiger charge is -2.27. The van der Waals surface area contributed by atoms with Crippen LogP contribution in [0.4, 0.5) is 0 Å². The molecule has 0 unspecified atom stereocenters. The minimum atomic E-state index is -0.0288. The summed E-state index contributed by atoms with van der Waals surface area (Å²) in [5, 5.41) is 0. The van der Waals surface area contributed by atoms with Crippen LogP contribution in [0.25, 0.3) is 0 Å². The Kier molecular flexibility index (Phi) is 3.40. The van der Waals surface area contributed by atoms with Crippen molar-refractivity contribution in [3.63, 3.8) is 0 Å². The van der Waals surface area contributed by atoms with Crippen molar-refractivity contribution in [2.45, 2.75) is 57.2 Å². The lowest BCUT2D eigenvalue weighted by atomic mass is 10.0. The quantitative estimate of drug-likeness (QED) is 0.885. The Bertz CT molecular complexity index is 421. The Morgan fingerprint density at radius 1 is 1.06 bits per heavy atom. The van der Waals surface area contributed by atoms with Crippen LogP contribution in [-0.4, -0.2) is 12.1 Å². The maximum Gasteiger partial charge on any atom is 0.0808 e. The largest absolute Gasteiger partial charge is 0.369 e. The molecule has 1 aromatic rings. The standard InChI is InChI=1S/C16H23NO/c17-12-16(8-1-2-9-16)18-11-13-6-7-14-4-3-5-15(14)10-13/h6-7,10H,1-5,8-9,11-12,17H2. The van der Waals surface area contributed by atoms with Crippen molar-refractivity contribution < 1.29 is 4.74 Å². The molecule has 3 rings (SSSR count). The van der Waals surface area contributed by atoms with Crippen LogP contribution < -0.4 is 5.73 Å². The SMILES string of the molecule is NCC1(OCc2ccc3c(c2)CCC3)CCCC1. The topological polar surface area (TPSA) is 35.2 Å². The van der Waals surface area contributed by atoms with Crippen molar-refractivity contribution in [1.29, 1.82) is 0 Å². The molecule has 2 nitrogen and oxygen atoms in total. The molecule has 0 radical (unpaired) electrons. The van der Waals surface area contributed by atoms with Gasteiger partial charge in [-0.1, -0.05) is 31.0 Å². The summed E-state index contributed by atoms with van der Waals surface area (Å²) in [6.45, 7) is 1.39. The smallest absolute Gasteiger partial charge is 0.0808 e. The molecule has 1 saturated carbocycles. The molecule has 0 spiro atoms. The molecule has 2 heteroatoms. The third-order valence-corrected chi connectivity index (χ3v) is 4.59. The van der Waals surface area contributed by atoms with E-state index in [-0.39, 0.29) is 5.60 Å². The number of fused-ring (bicyclic) bond motifs is 1. The summed E-state index contributed by atoms with van der Waals surface area (Å²) in [7, 11) is 0. The normalized spacial score (nSPS) is 21.2. The van der Waals surface area contributed by atoms with Crippen LogP contribution >= 0.6 is 0 Å². The van der Waals surface area contributed by atoms with E-state index in [1.54, 1.807) is 0 Å². The summed E-state index contributed by atoms with van der Waals surface area (Å²) in [6, 6.07) is 6.84. The van der Waals surface area contributed by atoms with Gasteiger partial charge in [0.15, 0.2) is 0 Å². The molecule has 0 heterocycles. The maximum atomic E-state index is 6.16. The first-order chi connectivity index (χ1) is 8.81. The number of hydrogen-bond donors (Lipinski definition) is 1. The van der Waals surface area contributed by atoms with Crippen LogP contribution in [0.2, 0.25) is 0 Å². The summed E-state index contributed by atoms with van der Waals surface area (Å²) in [5.74, 6) is 0. The number of aryl methyl sites for hydroxylation is 2. The van der Waals surface area contributed by atoms with E-state index >= 15 is 0 Å². The third-order valence-electron chi connectivity index (χ3n) is 4.59. The van der Waals surface area contributed by atoms with Gasteiger partial charge >= 0.3 is 0 Å². The summed E-state index contributed by atoms with van der Waals surface area (Å²) < 4.78 is 6.16. The molecule has 0 aromatic heterocycles. The van der Waals surface area contributed by atoms with Crippen LogP contribution in [0.15, 0.2) is 18.2 Å². The first-order valence-electron chi connectivity index (χ1n) is 7.26. The highest BCUT2D eigenvalue weighted by Crippen LogP contribution is 2.33. The fourth-order valence-electron chi connectivity index (χ4n) is 3.38.